The summed E-state index contributed by atoms with van der Waals surface area (Å²) in [5, 5.41) is 24.6. The Labute approximate surface area is 359 Å². The number of rotatable bonds is 45. The van der Waals surface area contributed by atoms with Crippen molar-refractivity contribution in [3.63, 3.8) is 0 Å². The second-order valence-electron chi connectivity index (χ2n) is 18.3. The van der Waals surface area contributed by atoms with Crippen LogP contribution in [0.2, 0.25) is 0 Å². The first-order valence-corrected chi connectivity index (χ1v) is 26.1. The highest BCUT2D eigenvalue weighted by atomic mass is 31.2. The molecule has 0 aromatic heterocycles. The Balaban J connectivity index is 4.33. The summed E-state index contributed by atoms with van der Waals surface area (Å²) in [5.41, 5.74) is 0. The third-order valence-electron chi connectivity index (χ3n) is 11.3. The number of aliphatic hydroxyl groups excluding tert-OH is 2. The summed E-state index contributed by atoms with van der Waals surface area (Å²) < 4.78 is 23.2. The van der Waals surface area contributed by atoms with Crippen LogP contribution in [0.1, 0.15) is 232 Å². The average Bonchev–Trinajstić information content (AvgIpc) is 3.17. The molecule has 58 heavy (non-hydrogen) atoms. The molecule has 0 aromatic rings. The number of hydrogen-bond acceptors (Lipinski definition) is 7. The third-order valence-corrected chi connectivity index (χ3v) is 12.3. The normalized spacial score (nSPS) is 14.8. The lowest BCUT2D eigenvalue weighted by molar-refractivity contribution is -0.870. The standard InChI is InChI=1S/C48H97N2O7P/c1-6-8-10-12-14-16-18-20-21-22-23-24-25-26-27-28-29-31-33-35-37-39-41-47(52)49-45(44-57-58(54,55)56-43-42-50(3,4)5)48(53)46(51)40-38-36-34-32-30-19-17-15-13-11-9-7-2/h32,34,45-46,48,51,53H,6-31,33,35-44H2,1-5H3,(H-,49,52,54,55)/b34-32+. The van der Waals surface area contributed by atoms with Gasteiger partial charge in [-0.1, -0.05) is 199 Å². The number of amides is 1. The van der Waals surface area contributed by atoms with Crippen LogP contribution >= 0.6 is 7.82 Å². The van der Waals surface area contributed by atoms with Crippen LogP contribution in [0.25, 0.3) is 0 Å². The Morgan fingerprint density at radius 2 is 0.983 bits per heavy atom. The van der Waals surface area contributed by atoms with Gasteiger partial charge in [0.1, 0.15) is 19.3 Å². The van der Waals surface area contributed by atoms with Crippen LogP contribution in [0.4, 0.5) is 0 Å². The topological polar surface area (TPSA) is 128 Å². The molecule has 0 saturated heterocycles. The van der Waals surface area contributed by atoms with Crippen LogP contribution < -0.4 is 10.2 Å². The summed E-state index contributed by atoms with van der Waals surface area (Å²) in [5.74, 6) is -0.284. The van der Waals surface area contributed by atoms with E-state index in [0.717, 1.165) is 32.1 Å². The van der Waals surface area contributed by atoms with Crippen molar-refractivity contribution in [1.29, 1.82) is 0 Å². The molecule has 0 aromatic carbocycles. The summed E-state index contributed by atoms with van der Waals surface area (Å²) in [7, 11) is 1.12. The van der Waals surface area contributed by atoms with Gasteiger partial charge < -0.3 is 34.0 Å². The molecule has 0 radical (unpaired) electrons. The number of allylic oxidation sites excluding steroid dienone is 2. The number of quaternary nitrogens is 1. The van der Waals surface area contributed by atoms with Gasteiger partial charge in [0.15, 0.2) is 0 Å². The molecule has 0 heterocycles. The summed E-state index contributed by atoms with van der Waals surface area (Å²) in [6.45, 7) is 4.43. The summed E-state index contributed by atoms with van der Waals surface area (Å²) in [6, 6.07) is -1.08. The van der Waals surface area contributed by atoms with E-state index >= 15 is 0 Å². The van der Waals surface area contributed by atoms with Crippen molar-refractivity contribution in [2.24, 2.45) is 0 Å². The zero-order valence-corrected chi connectivity index (χ0v) is 39.8. The predicted molar refractivity (Wildman–Crippen MR) is 244 cm³/mol. The number of hydrogen-bond donors (Lipinski definition) is 3. The van der Waals surface area contributed by atoms with Gasteiger partial charge in [-0.05, 0) is 38.5 Å². The van der Waals surface area contributed by atoms with Crippen molar-refractivity contribution in [2.75, 3.05) is 40.9 Å². The van der Waals surface area contributed by atoms with Gasteiger partial charge in [-0.2, -0.15) is 0 Å². The highest BCUT2D eigenvalue weighted by Crippen LogP contribution is 2.38. The van der Waals surface area contributed by atoms with E-state index in [1.165, 1.54) is 167 Å². The molecular weight excluding hydrogens is 748 g/mol. The zero-order chi connectivity index (χ0) is 43.0. The van der Waals surface area contributed by atoms with Gasteiger partial charge in [0.2, 0.25) is 5.91 Å². The molecular formula is C48H97N2O7P. The fourth-order valence-corrected chi connectivity index (χ4v) is 8.10. The Morgan fingerprint density at radius 1 is 0.603 bits per heavy atom. The number of likely N-dealkylation sites (N-methyl/N-ethyl adjacent to an activating group) is 1. The number of phosphoric ester groups is 1. The second-order valence-corrected chi connectivity index (χ2v) is 19.7. The SMILES string of the molecule is CCCCCCCCC/C=C/CCCC(O)C(O)C(COP(=O)([O-])OCC[N+](C)(C)C)NC(=O)CCCCCCCCCCCCCCCCCCCCCCCC. The van der Waals surface area contributed by atoms with Gasteiger partial charge in [0.05, 0.1) is 39.9 Å². The Kier molecular flexibility index (Phi) is 39.7. The van der Waals surface area contributed by atoms with E-state index in [9.17, 15) is 24.5 Å². The summed E-state index contributed by atoms with van der Waals surface area (Å²) >= 11 is 0. The van der Waals surface area contributed by atoms with E-state index in [-0.39, 0.29) is 18.9 Å². The van der Waals surface area contributed by atoms with Crippen molar-refractivity contribution < 1.29 is 38.0 Å². The van der Waals surface area contributed by atoms with Crippen LogP contribution in [0, 0.1) is 0 Å². The average molecular weight is 845 g/mol. The molecule has 0 rings (SSSR count). The molecule has 346 valence electrons. The fourth-order valence-electron chi connectivity index (χ4n) is 7.37. The number of nitrogens with zero attached hydrogens (tertiary/aromatic N) is 1. The minimum Gasteiger partial charge on any atom is -0.756 e. The molecule has 4 unspecified atom stereocenters. The van der Waals surface area contributed by atoms with Gasteiger partial charge in [-0.15, -0.1) is 0 Å². The lowest BCUT2D eigenvalue weighted by atomic mass is 10.0. The maximum absolute atomic E-state index is 12.9. The highest BCUT2D eigenvalue weighted by molar-refractivity contribution is 7.45. The van der Waals surface area contributed by atoms with Crippen molar-refractivity contribution in [3.8, 4) is 0 Å². The highest BCUT2D eigenvalue weighted by Gasteiger charge is 2.29. The van der Waals surface area contributed by atoms with Gasteiger partial charge in [-0.25, -0.2) is 0 Å². The maximum atomic E-state index is 12.9. The molecule has 0 saturated carbocycles. The van der Waals surface area contributed by atoms with Crippen LogP contribution in [0.3, 0.4) is 0 Å². The number of carbonyl (C=O) groups excluding carboxylic acids is 1. The number of phosphoric acid groups is 1. The lowest BCUT2D eigenvalue weighted by Gasteiger charge is -2.31. The minimum absolute atomic E-state index is 0.0432. The first-order chi connectivity index (χ1) is 27.9. The quantitative estimate of drug-likeness (QED) is 0.0241. The van der Waals surface area contributed by atoms with E-state index < -0.39 is 32.7 Å². The van der Waals surface area contributed by atoms with Gasteiger partial charge in [0.25, 0.3) is 7.82 Å². The molecule has 0 aliphatic rings. The van der Waals surface area contributed by atoms with E-state index in [2.05, 4.69) is 31.3 Å². The summed E-state index contributed by atoms with van der Waals surface area (Å²) in [6.07, 6.45) is 42.6. The molecule has 4 atom stereocenters. The van der Waals surface area contributed by atoms with Gasteiger partial charge in [0, 0.05) is 6.42 Å². The van der Waals surface area contributed by atoms with Crippen LogP contribution in [-0.2, 0) is 18.4 Å². The van der Waals surface area contributed by atoms with Crippen LogP contribution in [0.15, 0.2) is 12.2 Å². The molecule has 0 fully saturated rings. The molecule has 0 aliphatic carbocycles. The van der Waals surface area contributed by atoms with Gasteiger partial charge >= 0.3 is 0 Å². The molecule has 9 nitrogen and oxygen atoms in total. The smallest absolute Gasteiger partial charge is 0.268 e. The molecule has 3 N–H and O–H groups in total. The molecule has 1 amide bonds. The predicted octanol–water partition coefficient (Wildman–Crippen LogP) is 12.3. The molecule has 0 spiro atoms. The van der Waals surface area contributed by atoms with E-state index in [4.69, 9.17) is 9.05 Å². The van der Waals surface area contributed by atoms with E-state index in [0.29, 0.717) is 23.9 Å². The number of unbranched alkanes of at least 4 members (excludes halogenated alkanes) is 29. The van der Waals surface area contributed by atoms with Gasteiger partial charge in [-0.3, -0.25) is 9.36 Å². The molecule has 10 heteroatoms. The first-order valence-electron chi connectivity index (χ1n) is 24.6. The molecule has 0 aliphatic heterocycles. The van der Waals surface area contributed by atoms with E-state index in [1.54, 1.807) is 0 Å². The lowest BCUT2D eigenvalue weighted by Crippen LogP contribution is -2.51. The van der Waals surface area contributed by atoms with Crippen LogP contribution in [-0.4, -0.2) is 79.8 Å². The second kappa shape index (κ2) is 40.3. The fraction of sp³-hybridized carbons (Fsp3) is 0.938. The van der Waals surface area contributed by atoms with Crippen molar-refractivity contribution in [3.05, 3.63) is 12.2 Å². The molecule has 0 bridgehead atoms. The van der Waals surface area contributed by atoms with Crippen LogP contribution in [0.5, 0.6) is 0 Å². The number of carbonyl (C=O) groups is 1. The Hall–Kier alpha value is -0.800. The van der Waals surface area contributed by atoms with Crippen molar-refractivity contribution in [2.45, 2.75) is 250 Å². The minimum atomic E-state index is -4.67. The maximum Gasteiger partial charge on any atom is 0.268 e. The largest absolute Gasteiger partial charge is 0.756 e. The monoisotopic (exact) mass is 845 g/mol. The Bertz CT molecular complexity index is 976. The number of nitrogens with one attached hydrogen (secondary N) is 1. The Morgan fingerprint density at radius 3 is 1.40 bits per heavy atom. The van der Waals surface area contributed by atoms with Crippen molar-refractivity contribution in [1.82, 2.24) is 5.32 Å². The zero-order valence-electron chi connectivity index (χ0n) is 38.9. The van der Waals surface area contributed by atoms with Crippen molar-refractivity contribution >= 4 is 13.7 Å². The third kappa shape index (κ3) is 40.6. The first kappa shape index (κ1) is 57.2. The summed E-state index contributed by atoms with van der Waals surface area (Å²) in [4.78, 5) is 25.4. The van der Waals surface area contributed by atoms with E-state index in [1.807, 2.05) is 21.1 Å². The number of aliphatic hydroxyl groups is 2.